The summed E-state index contributed by atoms with van der Waals surface area (Å²) in [7, 11) is 0. The molecule has 0 aliphatic carbocycles. The molecule has 0 bridgehead atoms. The first-order valence-corrected chi connectivity index (χ1v) is 10.8. The second kappa shape index (κ2) is 13.5. The maximum absolute atomic E-state index is 12.0. The van der Waals surface area contributed by atoms with Gasteiger partial charge in [-0.3, -0.25) is 4.48 Å². The van der Waals surface area contributed by atoms with Gasteiger partial charge in [-0.05, 0) is 12.8 Å². The van der Waals surface area contributed by atoms with Crippen LogP contribution in [0, 0.1) is 0 Å². The van der Waals surface area contributed by atoms with Crippen LogP contribution in [-0.2, 0) is 14.4 Å². The van der Waals surface area contributed by atoms with Crippen molar-refractivity contribution in [3.63, 3.8) is 0 Å². The average molecular weight is 402 g/mol. The molecular weight excluding hydrogens is 362 g/mol. The second-order valence-electron chi connectivity index (χ2n) is 7.61. The van der Waals surface area contributed by atoms with Crippen molar-refractivity contribution in [1.82, 2.24) is 0 Å². The normalized spacial score (nSPS) is 16.7. The average Bonchev–Trinajstić information content (AvgIpc) is 2.61. The van der Waals surface area contributed by atoms with Crippen LogP contribution in [0.25, 0.3) is 0 Å². The number of carboxylic acid groups (broad SMARTS) is 3. The van der Waals surface area contributed by atoms with E-state index in [9.17, 15) is 29.7 Å². The highest BCUT2D eigenvalue weighted by atomic mass is 16.4. The van der Waals surface area contributed by atoms with E-state index in [1.807, 2.05) is 0 Å². The van der Waals surface area contributed by atoms with Crippen LogP contribution in [0.4, 0.5) is 0 Å². The zero-order valence-corrected chi connectivity index (χ0v) is 18.0. The highest BCUT2D eigenvalue weighted by Gasteiger charge is 2.53. The van der Waals surface area contributed by atoms with Gasteiger partial charge >= 0.3 is 11.9 Å². The van der Waals surface area contributed by atoms with Crippen molar-refractivity contribution in [1.29, 1.82) is 0 Å². The number of carbonyl (C=O) groups excluding carboxylic acids is 1. The number of carboxylic acids is 3. The minimum atomic E-state index is -1.37. The Labute approximate surface area is 169 Å². The molecule has 3 atom stereocenters. The molecule has 0 spiro atoms. The fourth-order valence-corrected chi connectivity index (χ4v) is 4.61. The van der Waals surface area contributed by atoms with E-state index in [4.69, 9.17) is 0 Å². The SMILES string of the molecule is CCCCCCCCC[N+](C(CC)C(=O)[O-])(C(CC)C(=O)O)C(CC)C(=O)O. The number of quaternary nitrogens is 1. The Kier molecular flexibility index (Phi) is 12.7. The van der Waals surface area contributed by atoms with Crippen LogP contribution < -0.4 is 5.11 Å². The molecule has 0 radical (unpaired) electrons. The van der Waals surface area contributed by atoms with E-state index in [0.717, 1.165) is 32.1 Å². The van der Waals surface area contributed by atoms with Crippen LogP contribution in [0.5, 0.6) is 0 Å². The van der Waals surface area contributed by atoms with Gasteiger partial charge in [-0.2, -0.15) is 0 Å². The van der Waals surface area contributed by atoms with Gasteiger partial charge in [0.15, 0.2) is 12.1 Å². The zero-order chi connectivity index (χ0) is 21.7. The zero-order valence-electron chi connectivity index (χ0n) is 18.0. The number of rotatable bonds is 17. The van der Waals surface area contributed by atoms with Crippen molar-refractivity contribution in [3.05, 3.63) is 0 Å². The molecule has 0 aliphatic heterocycles. The van der Waals surface area contributed by atoms with E-state index in [-0.39, 0.29) is 25.8 Å². The maximum atomic E-state index is 12.0. The number of nitrogens with zero attached hydrogens (tertiary/aromatic N) is 1. The number of unbranched alkanes of at least 4 members (excludes halogenated alkanes) is 6. The van der Waals surface area contributed by atoms with Crippen LogP contribution >= 0.6 is 0 Å². The quantitative estimate of drug-likeness (QED) is 0.286. The van der Waals surface area contributed by atoms with Crippen molar-refractivity contribution in [3.8, 4) is 0 Å². The predicted molar refractivity (Wildman–Crippen MR) is 106 cm³/mol. The summed E-state index contributed by atoms with van der Waals surface area (Å²) in [4.78, 5) is 36.1. The molecule has 3 unspecified atom stereocenters. The third-order valence-corrected chi connectivity index (χ3v) is 5.89. The minimum absolute atomic E-state index is 0.131. The van der Waals surface area contributed by atoms with Gasteiger partial charge in [0.1, 0.15) is 6.04 Å². The van der Waals surface area contributed by atoms with Crippen molar-refractivity contribution in [2.45, 2.75) is 110 Å². The van der Waals surface area contributed by atoms with E-state index in [1.54, 1.807) is 20.8 Å². The maximum Gasteiger partial charge on any atom is 0.362 e. The summed E-state index contributed by atoms with van der Waals surface area (Å²) >= 11 is 0. The van der Waals surface area contributed by atoms with Gasteiger partial charge in [-0.25, -0.2) is 9.59 Å². The first-order valence-electron chi connectivity index (χ1n) is 10.8. The third-order valence-electron chi connectivity index (χ3n) is 5.89. The molecular formula is C21H39NO6. The Morgan fingerprint density at radius 1 is 0.714 bits per heavy atom. The third kappa shape index (κ3) is 6.76. The molecule has 2 N–H and O–H groups in total. The lowest BCUT2D eigenvalue weighted by Crippen LogP contribution is -2.73. The highest BCUT2D eigenvalue weighted by molar-refractivity contribution is 5.77. The van der Waals surface area contributed by atoms with Crippen LogP contribution in [-0.4, -0.2) is 57.3 Å². The molecule has 0 saturated carbocycles. The van der Waals surface area contributed by atoms with Crippen molar-refractivity contribution in [2.24, 2.45) is 0 Å². The summed E-state index contributed by atoms with van der Waals surface area (Å²) in [5.74, 6) is -3.67. The van der Waals surface area contributed by atoms with E-state index in [0.29, 0.717) is 6.42 Å². The van der Waals surface area contributed by atoms with Crippen LogP contribution in [0.2, 0.25) is 0 Å². The first-order chi connectivity index (χ1) is 13.2. The van der Waals surface area contributed by atoms with E-state index < -0.39 is 40.5 Å². The first kappa shape index (κ1) is 26.4. The van der Waals surface area contributed by atoms with Crippen molar-refractivity contribution >= 4 is 17.9 Å². The van der Waals surface area contributed by atoms with Crippen molar-refractivity contribution in [2.75, 3.05) is 6.54 Å². The lowest BCUT2D eigenvalue weighted by molar-refractivity contribution is -0.974. The fourth-order valence-electron chi connectivity index (χ4n) is 4.61. The molecule has 0 fully saturated rings. The monoisotopic (exact) mass is 401 g/mol. The molecule has 0 rings (SSSR count). The Morgan fingerprint density at radius 2 is 1.11 bits per heavy atom. The van der Waals surface area contributed by atoms with Crippen LogP contribution in [0.3, 0.4) is 0 Å². The molecule has 7 heteroatoms. The Morgan fingerprint density at radius 3 is 1.43 bits per heavy atom. The topological polar surface area (TPSA) is 115 Å². The number of hydrogen-bond donors (Lipinski definition) is 2. The Hall–Kier alpha value is -1.63. The Bertz CT molecular complexity index is 438. The van der Waals surface area contributed by atoms with Gasteiger partial charge in [0.2, 0.25) is 0 Å². The van der Waals surface area contributed by atoms with Gasteiger partial charge in [-0.15, -0.1) is 0 Å². The van der Waals surface area contributed by atoms with Gasteiger partial charge in [0.25, 0.3) is 0 Å². The second-order valence-corrected chi connectivity index (χ2v) is 7.61. The van der Waals surface area contributed by atoms with Gasteiger partial charge in [-0.1, -0.05) is 59.8 Å². The smallest absolute Gasteiger partial charge is 0.362 e. The van der Waals surface area contributed by atoms with Crippen LogP contribution in [0.15, 0.2) is 0 Å². The summed E-state index contributed by atoms with van der Waals surface area (Å²) in [6.07, 6.45) is 7.43. The fraction of sp³-hybridized carbons (Fsp3) is 0.857. The summed E-state index contributed by atoms with van der Waals surface area (Å²) in [5, 5.41) is 31.6. The van der Waals surface area contributed by atoms with Gasteiger partial charge in [0, 0.05) is 19.3 Å². The predicted octanol–water partition coefficient (Wildman–Crippen LogP) is 2.81. The molecule has 0 saturated heterocycles. The molecule has 0 aromatic heterocycles. The highest BCUT2D eigenvalue weighted by Crippen LogP contribution is 2.32. The lowest BCUT2D eigenvalue weighted by atomic mass is 9.94. The molecule has 0 aromatic carbocycles. The summed E-state index contributed by atoms with van der Waals surface area (Å²) in [6, 6.07) is -3.35. The van der Waals surface area contributed by atoms with Crippen LogP contribution in [0.1, 0.15) is 91.9 Å². The Balaban J connectivity index is 5.87. The van der Waals surface area contributed by atoms with Gasteiger partial charge in [0.05, 0.1) is 12.5 Å². The molecule has 28 heavy (non-hydrogen) atoms. The number of carbonyl (C=O) groups is 3. The van der Waals surface area contributed by atoms with E-state index in [2.05, 4.69) is 6.92 Å². The summed E-state index contributed by atoms with van der Waals surface area (Å²) in [5.41, 5.74) is 0. The lowest BCUT2D eigenvalue weighted by Gasteiger charge is -2.51. The molecule has 0 aromatic rings. The van der Waals surface area contributed by atoms with E-state index >= 15 is 0 Å². The molecule has 7 nitrogen and oxygen atoms in total. The van der Waals surface area contributed by atoms with Gasteiger partial charge < -0.3 is 20.1 Å². The standard InChI is InChI=1S/C21H39NO6/c1-5-9-10-11-12-13-14-15-22(16(6-2)19(23)24,17(7-3)20(25)26)18(8-4)21(27)28/h16-18H,5-15H2,1-4H3,(H2-,23,24,25,26,27,28). The minimum Gasteiger partial charge on any atom is -0.544 e. The molecule has 0 amide bonds. The van der Waals surface area contributed by atoms with Crippen molar-refractivity contribution < 1.29 is 34.2 Å². The number of aliphatic carboxylic acids is 3. The molecule has 0 heterocycles. The number of hydrogen-bond acceptors (Lipinski definition) is 4. The summed E-state index contributed by atoms with van der Waals surface area (Å²) in [6.45, 7) is 7.36. The largest absolute Gasteiger partial charge is 0.544 e. The molecule has 0 aliphatic rings. The molecule has 164 valence electrons. The summed E-state index contributed by atoms with van der Waals surface area (Å²) < 4.78 is -0.467. The van der Waals surface area contributed by atoms with E-state index in [1.165, 1.54) is 6.42 Å².